The van der Waals surface area contributed by atoms with E-state index in [1.807, 2.05) is 24.3 Å². The Hall–Kier alpha value is -1.65. The fourth-order valence-electron chi connectivity index (χ4n) is 3.18. The number of hydrogen-bond acceptors (Lipinski definition) is 4. The SMILES string of the molecule is CC(C)N[C@@H]1CC[C@@H](Nc2cc(-c3ccccn3)c(Cl)cn2)C1. The topological polar surface area (TPSA) is 49.8 Å². The van der Waals surface area contributed by atoms with Crippen LogP contribution in [0.15, 0.2) is 36.7 Å². The number of hydrogen-bond donors (Lipinski definition) is 2. The molecule has 5 heteroatoms. The minimum Gasteiger partial charge on any atom is -0.367 e. The Morgan fingerprint density at radius 2 is 2.00 bits per heavy atom. The van der Waals surface area contributed by atoms with E-state index in [9.17, 15) is 0 Å². The Kier molecular flexibility index (Phi) is 5.13. The number of nitrogens with zero attached hydrogens (tertiary/aromatic N) is 2. The zero-order chi connectivity index (χ0) is 16.2. The smallest absolute Gasteiger partial charge is 0.126 e. The zero-order valence-electron chi connectivity index (χ0n) is 13.6. The summed E-state index contributed by atoms with van der Waals surface area (Å²) in [6.07, 6.45) is 6.97. The lowest BCUT2D eigenvalue weighted by Crippen LogP contribution is -2.33. The molecule has 3 rings (SSSR count). The number of rotatable bonds is 5. The molecule has 0 radical (unpaired) electrons. The maximum absolute atomic E-state index is 6.29. The van der Waals surface area contributed by atoms with E-state index in [0.717, 1.165) is 29.9 Å². The molecule has 1 saturated carbocycles. The van der Waals surface area contributed by atoms with Gasteiger partial charge in [0.15, 0.2) is 0 Å². The van der Waals surface area contributed by atoms with Gasteiger partial charge in [-0.05, 0) is 37.5 Å². The van der Waals surface area contributed by atoms with E-state index in [-0.39, 0.29) is 0 Å². The van der Waals surface area contributed by atoms with Crippen LogP contribution in [0.2, 0.25) is 5.02 Å². The van der Waals surface area contributed by atoms with E-state index in [1.54, 1.807) is 12.4 Å². The quantitative estimate of drug-likeness (QED) is 0.865. The van der Waals surface area contributed by atoms with Gasteiger partial charge < -0.3 is 10.6 Å². The fraction of sp³-hybridized carbons (Fsp3) is 0.444. The molecule has 0 spiro atoms. The third-order valence-electron chi connectivity index (χ3n) is 4.15. The second kappa shape index (κ2) is 7.28. The molecule has 23 heavy (non-hydrogen) atoms. The third kappa shape index (κ3) is 4.21. The van der Waals surface area contributed by atoms with Gasteiger partial charge in [0.2, 0.25) is 0 Å². The second-order valence-corrected chi connectivity index (χ2v) is 6.84. The van der Waals surface area contributed by atoms with Crippen LogP contribution < -0.4 is 10.6 Å². The van der Waals surface area contributed by atoms with E-state index >= 15 is 0 Å². The average Bonchev–Trinajstić information content (AvgIpc) is 2.96. The van der Waals surface area contributed by atoms with Crippen LogP contribution in [0.5, 0.6) is 0 Å². The van der Waals surface area contributed by atoms with Crippen LogP contribution in [0, 0.1) is 0 Å². The van der Waals surface area contributed by atoms with E-state index < -0.39 is 0 Å². The molecule has 2 atom stereocenters. The number of pyridine rings is 2. The third-order valence-corrected chi connectivity index (χ3v) is 4.45. The molecule has 2 aromatic heterocycles. The first-order valence-electron chi connectivity index (χ1n) is 8.21. The van der Waals surface area contributed by atoms with Crippen molar-refractivity contribution in [1.29, 1.82) is 0 Å². The molecular formula is C18H23ClN4. The van der Waals surface area contributed by atoms with Gasteiger partial charge in [-0.2, -0.15) is 0 Å². The highest BCUT2D eigenvalue weighted by Crippen LogP contribution is 2.29. The van der Waals surface area contributed by atoms with Crippen LogP contribution >= 0.6 is 11.6 Å². The molecule has 0 saturated heterocycles. The van der Waals surface area contributed by atoms with E-state index in [4.69, 9.17) is 11.6 Å². The molecule has 4 nitrogen and oxygen atoms in total. The van der Waals surface area contributed by atoms with Gasteiger partial charge in [0.25, 0.3) is 0 Å². The molecule has 2 heterocycles. The van der Waals surface area contributed by atoms with Gasteiger partial charge >= 0.3 is 0 Å². The molecule has 0 bridgehead atoms. The Morgan fingerprint density at radius 3 is 2.74 bits per heavy atom. The summed E-state index contributed by atoms with van der Waals surface area (Å²) in [4.78, 5) is 8.80. The lowest BCUT2D eigenvalue weighted by molar-refractivity contribution is 0.468. The first-order chi connectivity index (χ1) is 11.1. The highest BCUT2D eigenvalue weighted by atomic mass is 35.5. The predicted octanol–water partition coefficient (Wildman–Crippen LogP) is 4.13. The van der Waals surface area contributed by atoms with Crippen molar-refractivity contribution >= 4 is 17.4 Å². The Labute approximate surface area is 142 Å². The summed E-state index contributed by atoms with van der Waals surface area (Å²) in [6.45, 7) is 4.39. The minimum absolute atomic E-state index is 0.455. The van der Waals surface area contributed by atoms with E-state index in [1.165, 1.54) is 6.42 Å². The van der Waals surface area contributed by atoms with E-state index in [0.29, 0.717) is 23.1 Å². The summed E-state index contributed by atoms with van der Waals surface area (Å²) in [5.74, 6) is 0.866. The Morgan fingerprint density at radius 1 is 1.17 bits per heavy atom. The van der Waals surface area contributed by atoms with Crippen LogP contribution in [0.1, 0.15) is 33.1 Å². The summed E-state index contributed by atoms with van der Waals surface area (Å²) >= 11 is 6.29. The molecular weight excluding hydrogens is 308 g/mol. The summed E-state index contributed by atoms with van der Waals surface area (Å²) in [6, 6.07) is 9.40. The monoisotopic (exact) mass is 330 g/mol. The molecule has 2 aromatic rings. The van der Waals surface area contributed by atoms with Crippen LogP contribution in [0.4, 0.5) is 5.82 Å². The molecule has 1 fully saturated rings. The fourth-order valence-corrected chi connectivity index (χ4v) is 3.38. The Balaban J connectivity index is 1.70. The molecule has 0 aromatic carbocycles. The first kappa shape index (κ1) is 16.2. The van der Waals surface area contributed by atoms with Crippen molar-refractivity contribution in [2.45, 2.75) is 51.2 Å². The second-order valence-electron chi connectivity index (χ2n) is 6.44. The van der Waals surface area contributed by atoms with Crippen LogP contribution in [-0.4, -0.2) is 28.1 Å². The van der Waals surface area contributed by atoms with Crippen molar-refractivity contribution < 1.29 is 0 Å². The zero-order valence-corrected chi connectivity index (χ0v) is 14.3. The molecule has 0 amide bonds. The van der Waals surface area contributed by atoms with E-state index in [2.05, 4.69) is 34.4 Å². The largest absolute Gasteiger partial charge is 0.367 e. The number of halogens is 1. The van der Waals surface area contributed by atoms with Gasteiger partial charge in [0, 0.05) is 36.1 Å². The summed E-state index contributed by atoms with van der Waals surface area (Å²) in [5, 5.41) is 7.78. The molecule has 122 valence electrons. The van der Waals surface area contributed by atoms with Crippen molar-refractivity contribution in [2.75, 3.05) is 5.32 Å². The molecule has 2 N–H and O–H groups in total. The first-order valence-corrected chi connectivity index (χ1v) is 8.59. The molecule has 0 unspecified atom stereocenters. The highest BCUT2D eigenvalue weighted by Gasteiger charge is 2.25. The predicted molar refractivity (Wildman–Crippen MR) is 95.8 cm³/mol. The molecule has 1 aliphatic rings. The van der Waals surface area contributed by atoms with Crippen molar-refractivity contribution in [3.63, 3.8) is 0 Å². The average molecular weight is 331 g/mol. The summed E-state index contributed by atoms with van der Waals surface area (Å²) < 4.78 is 0. The maximum atomic E-state index is 6.29. The summed E-state index contributed by atoms with van der Waals surface area (Å²) in [5.41, 5.74) is 1.79. The standard InChI is InChI=1S/C18H23ClN4/c1-12(2)22-13-6-7-14(9-13)23-18-10-15(16(19)11-21-18)17-5-3-4-8-20-17/h3-5,8,10-14,22H,6-7,9H2,1-2H3,(H,21,23)/t13-,14-/m1/s1. The van der Waals surface area contributed by atoms with Gasteiger partial charge in [-0.25, -0.2) is 4.98 Å². The van der Waals surface area contributed by atoms with Crippen LogP contribution in [0.3, 0.4) is 0 Å². The molecule has 0 aliphatic heterocycles. The van der Waals surface area contributed by atoms with Gasteiger partial charge in [-0.1, -0.05) is 31.5 Å². The highest BCUT2D eigenvalue weighted by molar-refractivity contribution is 6.33. The van der Waals surface area contributed by atoms with Crippen molar-refractivity contribution in [3.8, 4) is 11.3 Å². The van der Waals surface area contributed by atoms with Crippen LogP contribution in [-0.2, 0) is 0 Å². The lowest BCUT2D eigenvalue weighted by atomic mass is 10.1. The maximum Gasteiger partial charge on any atom is 0.126 e. The van der Waals surface area contributed by atoms with Gasteiger partial charge in [0.05, 0.1) is 10.7 Å². The van der Waals surface area contributed by atoms with Crippen molar-refractivity contribution in [3.05, 3.63) is 41.7 Å². The van der Waals surface area contributed by atoms with Gasteiger partial charge in [-0.3, -0.25) is 4.98 Å². The van der Waals surface area contributed by atoms with Crippen molar-refractivity contribution in [1.82, 2.24) is 15.3 Å². The van der Waals surface area contributed by atoms with Crippen molar-refractivity contribution in [2.24, 2.45) is 0 Å². The number of aromatic nitrogens is 2. The summed E-state index contributed by atoms with van der Waals surface area (Å²) in [7, 11) is 0. The Bertz CT molecular complexity index is 645. The lowest BCUT2D eigenvalue weighted by Gasteiger charge is -2.17. The van der Waals surface area contributed by atoms with Gasteiger partial charge in [-0.15, -0.1) is 0 Å². The van der Waals surface area contributed by atoms with Gasteiger partial charge in [0.1, 0.15) is 5.82 Å². The normalized spacial score (nSPS) is 20.9. The number of nitrogens with one attached hydrogen (secondary N) is 2. The number of anilines is 1. The minimum atomic E-state index is 0.455. The van der Waals surface area contributed by atoms with Crippen LogP contribution in [0.25, 0.3) is 11.3 Å². The molecule has 1 aliphatic carbocycles.